The summed E-state index contributed by atoms with van der Waals surface area (Å²) in [6.45, 7) is 0. The third kappa shape index (κ3) is 2.39. The summed E-state index contributed by atoms with van der Waals surface area (Å²) in [5, 5.41) is 7.99. The molecule has 0 aliphatic heterocycles. The first-order valence-electron chi connectivity index (χ1n) is 4.72. The largest absolute Gasteiger partial charge is 0.465 e. The van der Waals surface area contributed by atoms with E-state index in [1.807, 2.05) is 0 Å². The summed E-state index contributed by atoms with van der Waals surface area (Å²) >= 11 is 1.26. The lowest BCUT2D eigenvalue weighted by atomic mass is 10.3. The second-order valence-corrected chi connectivity index (χ2v) is 3.87. The third-order valence-corrected chi connectivity index (χ3v) is 2.66. The molecule has 0 atom stereocenters. The lowest BCUT2D eigenvalue weighted by Crippen LogP contribution is -2.32. The summed E-state index contributed by atoms with van der Waals surface area (Å²) in [4.78, 5) is 11.7. The van der Waals surface area contributed by atoms with E-state index >= 15 is 0 Å². The molecule has 0 saturated heterocycles. The van der Waals surface area contributed by atoms with Crippen molar-refractivity contribution in [3.63, 3.8) is 0 Å². The van der Waals surface area contributed by atoms with Crippen molar-refractivity contribution in [2.24, 2.45) is 0 Å². The van der Waals surface area contributed by atoms with Crippen LogP contribution in [0.1, 0.15) is 11.5 Å². The van der Waals surface area contributed by atoms with E-state index in [0.29, 0.717) is 10.9 Å². The summed E-state index contributed by atoms with van der Waals surface area (Å²) in [5.74, 6) is 6.19. The molecule has 0 aliphatic rings. The number of aromatic nitrogens is 3. The molecule has 0 fully saturated rings. The zero-order chi connectivity index (χ0) is 12.3. The summed E-state index contributed by atoms with van der Waals surface area (Å²) in [5.41, 5.74) is -0.228. The SMILES string of the molecule is CSc1nnc(/C=C\c2ccco2)c(=O)n1N. The van der Waals surface area contributed by atoms with Gasteiger partial charge in [-0.25, -0.2) is 0 Å². The Kier molecular flexibility index (Phi) is 3.29. The maximum absolute atomic E-state index is 11.7. The number of nitrogens with zero attached hydrogens (tertiary/aromatic N) is 3. The van der Waals surface area contributed by atoms with Gasteiger partial charge in [0.25, 0.3) is 5.56 Å². The topological polar surface area (TPSA) is 86.9 Å². The second kappa shape index (κ2) is 4.88. The lowest BCUT2D eigenvalue weighted by Gasteiger charge is -2.02. The highest BCUT2D eigenvalue weighted by atomic mass is 32.2. The van der Waals surface area contributed by atoms with E-state index in [1.165, 1.54) is 17.8 Å². The fraction of sp³-hybridized carbons (Fsp3) is 0.100. The predicted molar refractivity (Wildman–Crippen MR) is 65.9 cm³/mol. The van der Waals surface area contributed by atoms with Gasteiger partial charge >= 0.3 is 0 Å². The maximum atomic E-state index is 11.7. The van der Waals surface area contributed by atoms with Crippen molar-refractivity contribution in [2.75, 3.05) is 12.1 Å². The molecule has 2 N–H and O–H groups in total. The average molecular weight is 250 g/mol. The van der Waals surface area contributed by atoms with Gasteiger partial charge in [0.15, 0.2) is 5.69 Å². The van der Waals surface area contributed by atoms with Gasteiger partial charge in [-0.2, -0.15) is 4.68 Å². The van der Waals surface area contributed by atoms with Gasteiger partial charge in [-0.15, -0.1) is 10.2 Å². The molecule has 17 heavy (non-hydrogen) atoms. The van der Waals surface area contributed by atoms with Crippen molar-refractivity contribution >= 4 is 23.9 Å². The average Bonchev–Trinajstić information content (AvgIpc) is 2.84. The van der Waals surface area contributed by atoms with Gasteiger partial charge in [0.1, 0.15) is 5.76 Å². The van der Waals surface area contributed by atoms with Crippen LogP contribution in [0.3, 0.4) is 0 Å². The fourth-order valence-electron chi connectivity index (χ4n) is 1.19. The van der Waals surface area contributed by atoms with Crippen LogP contribution in [0.2, 0.25) is 0 Å². The Bertz CT molecular complexity index is 589. The maximum Gasteiger partial charge on any atom is 0.298 e. The molecular weight excluding hydrogens is 240 g/mol. The monoisotopic (exact) mass is 250 g/mol. The first kappa shape index (κ1) is 11.5. The molecule has 2 rings (SSSR count). The first-order chi connectivity index (χ1) is 8.22. The molecule has 2 aromatic rings. The number of nitrogens with two attached hydrogens (primary N) is 1. The van der Waals surface area contributed by atoms with Crippen LogP contribution >= 0.6 is 11.8 Å². The molecule has 0 saturated carbocycles. The number of hydrogen-bond acceptors (Lipinski definition) is 6. The molecule has 0 bridgehead atoms. The minimum absolute atomic E-state index is 0.168. The van der Waals surface area contributed by atoms with Gasteiger partial charge in [-0.1, -0.05) is 11.8 Å². The Morgan fingerprint density at radius 1 is 1.47 bits per heavy atom. The smallest absolute Gasteiger partial charge is 0.298 e. The van der Waals surface area contributed by atoms with Gasteiger partial charge in [0.05, 0.1) is 6.26 Å². The molecule has 0 aromatic carbocycles. The van der Waals surface area contributed by atoms with Gasteiger partial charge in [-0.05, 0) is 30.5 Å². The number of nitrogen functional groups attached to an aromatic ring is 1. The van der Waals surface area contributed by atoms with Gasteiger partial charge < -0.3 is 10.3 Å². The summed E-state index contributed by atoms with van der Waals surface area (Å²) in [6.07, 6.45) is 6.46. The summed E-state index contributed by atoms with van der Waals surface area (Å²) < 4.78 is 6.06. The number of thioether (sulfide) groups is 1. The Hall–Kier alpha value is -2.02. The van der Waals surface area contributed by atoms with Gasteiger partial charge in [-0.3, -0.25) is 4.79 Å². The molecule has 0 radical (unpaired) electrons. The van der Waals surface area contributed by atoms with Crippen molar-refractivity contribution in [1.82, 2.24) is 14.9 Å². The van der Waals surface area contributed by atoms with E-state index in [0.717, 1.165) is 4.68 Å². The number of furan rings is 1. The molecule has 2 heterocycles. The van der Waals surface area contributed by atoms with Crippen LogP contribution in [0.25, 0.3) is 12.2 Å². The van der Waals surface area contributed by atoms with Crippen LogP contribution in [0.4, 0.5) is 0 Å². The van der Waals surface area contributed by atoms with Crippen molar-refractivity contribution in [1.29, 1.82) is 0 Å². The molecule has 7 heteroatoms. The first-order valence-corrected chi connectivity index (χ1v) is 5.95. The molecule has 0 spiro atoms. The van der Waals surface area contributed by atoms with Crippen molar-refractivity contribution in [3.8, 4) is 0 Å². The molecule has 0 unspecified atom stereocenters. The summed E-state index contributed by atoms with van der Waals surface area (Å²) in [7, 11) is 0. The van der Waals surface area contributed by atoms with Crippen molar-refractivity contribution in [2.45, 2.75) is 5.16 Å². The van der Waals surface area contributed by atoms with Crippen molar-refractivity contribution in [3.05, 3.63) is 40.2 Å². The Balaban J connectivity index is 2.35. The highest BCUT2D eigenvalue weighted by Gasteiger charge is 2.06. The highest BCUT2D eigenvalue weighted by molar-refractivity contribution is 7.98. The van der Waals surface area contributed by atoms with Crippen LogP contribution in [0.15, 0.2) is 32.8 Å². The van der Waals surface area contributed by atoms with E-state index in [4.69, 9.17) is 10.3 Å². The Labute approximate surface area is 101 Å². The molecule has 6 nitrogen and oxygen atoms in total. The quantitative estimate of drug-likeness (QED) is 0.641. The van der Waals surface area contributed by atoms with E-state index < -0.39 is 5.56 Å². The van der Waals surface area contributed by atoms with Crippen LogP contribution in [-0.2, 0) is 0 Å². The van der Waals surface area contributed by atoms with E-state index in [-0.39, 0.29) is 5.69 Å². The Morgan fingerprint density at radius 3 is 2.94 bits per heavy atom. The molecular formula is C10H10N4O2S. The van der Waals surface area contributed by atoms with Gasteiger partial charge in [0.2, 0.25) is 5.16 Å². The van der Waals surface area contributed by atoms with E-state index in [2.05, 4.69) is 10.2 Å². The number of hydrogen-bond donors (Lipinski definition) is 1. The third-order valence-electron chi connectivity index (χ3n) is 2.02. The van der Waals surface area contributed by atoms with Crippen molar-refractivity contribution < 1.29 is 4.42 Å². The lowest BCUT2D eigenvalue weighted by molar-refractivity contribution is 0.557. The highest BCUT2D eigenvalue weighted by Crippen LogP contribution is 2.07. The minimum Gasteiger partial charge on any atom is -0.465 e. The molecule has 0 amide bonds. The van der Waals surface area contributed by atoms with Crippen LogP contribution < -0.4 is 11.4 Å². The molecule has 0 aliphatic carbocycles. The standard InChI is InChI=1S/C10H10N4O2S/c1-17-10-13-12-8(9(15)14(10)11)5-4-7-3-2-6-16-7/h2-6H,11H2,1H3/b5-4-. The second-order valence-electron chi connectivity index (χ2n) is 3.10. The zero-order valence-electron chi connectivity index (χ0n) is 9.03. The van der Waals surface area contributed by atoms with Crippen LogP contribution in [-0.4, -0.2) is 21.1 Å². The van der Waals surface area contributed by atoms with Gasteiger partial charge in [0, 0.05) is 0 Å². The van der Waals surface area contributed by atoms with E-state index in [9.17, 15) is 4.79 Å². The van der Waals surface area contributed by atoms with Crippen LogP contribution in [0.5, 0.6) is 0 Å². The normalized spacial score (nSPS) is 11.1. The fourth-order valence-corrected chi connectivity index (χ4v) is 1.59. The van der Waals surface area contributed by atoms with Crippen LogP contribution in [0, 0.1) is 0 Å². The molecule has 2 aromatic heterocycles. The minimum atomic E-state index is -0.396. The zero-order valence-corrected chi connectivity index (χ0v) is 9.85. The number of rotatable bonds is 3. The van der Waals surface area contributed by atoms with E-state index in [1.54, 1.807) is 30.7 Å². The Morgan fingerprint density at radius 2 is 2.29 bits per heavy atom. The summed E-state index contributed by atoms with van der Waals surface area (Å²) in [6, 6.07) is 3.52. The predicted octanol–water partition coefficient (Wildman–Crippen LogP) is 0.837. The molecule has 88 valence electrons.